The first-order chi connectivity index (χ1) is 14.9. The highest BCUT2D eigenvalue weighted by Crippen LogP contribution is 2.18. The summed E-state index contributed by atoms with van der Waals surface area (Å²) in [6.45, 7) is 7.24. The second-order valence-electron chi connectivity index (χ2n) is 8.19. The van der Waals surface area contributed by atoms with Crippen LogP contribution < -0.4 is 5.32 Å². The fourth-order valence-corrected chi connectivity index (χ4v) is 4.25. The predicted octanol–water partition coefficient (Wildman–Crippen LogP) is 2.40. The van der Waals surface area contributed by atoms with Crippen molar-refractivity contribution in [1.82, 2.24) is 29.8 Å². The van der Waals surface area contributed by atoms with E-state index in [0.717, 1.165) is 41.1 Å². The highest BCUT2D eigenvalue weighted by molar-refractivity contribution is 5.94. The number of carbonyl (C=O) groups excluding carboxylic acids is 2. The molecule has 0 aliphatic carbocycles. The molecule has 4 heterocycles. The number of fused-ring (bicyclic) bond motifs is 1. The molecule has 2 amide bonds. The van der Waals surface area contributed by atoms with Crippen molar-refractivity contribution < 1.29 is 9.59 Å². The lowest BCUT2D eigenvalue weighted by Gasteiger charge is -2.32. The van der Waals surface area contributed by atoms with E-state index in [0.29, 0.717) is 31.5 Å². The Labute approximate surface area is 181 Å². The van der Waals surface area contributed by atoms with Crippen molar-refractivity contribution in [1.29, 1.82) is 0 Å². The van der Waals surface area contributed by atoms with Gasteiger partial charge in [0.1, 0.15) is 0 Å². The van der Waals surface area contributed by atoms with Gasteiger partial charge in [0, 0.05) is 61.0 Å². The number of hydrogen-bond donors (Lipinski definition) is 1. The maximum Gasteiger partial charge on any atom is 0.253 e. The molecular formula is C23H28N6O2. The summed E-state index contributed by atoms with van der Waals surface area (Å²) in [5, 5.41) is 7.64. The molecule has 8 heteroatoms. The average Bonchev–Trinajstić information content (AvgIpc) is 3.14. The van der Waals surface area contributed by atoms with Crippen LogP contribution in [0, 0.1) is 20.8 Å². The Morgan fingerprint density at radius 3 is 2.55 bits per heavy atom. The van der Waals surface area contributed by atoms with Crippen molar-refractivity contribution in [3.8, 4) is 0 Å². The molecular weight excluding hydrogens is 392 g/mol. The predicted molar refractivity (Wildman–Crippen MR) is 117 cm³/mol. The number of nitrogens with one attached hydrogen (secondary N) is 1. The molecule has 0 bridgehead atoms. The van der Waals surface area contributed by atoms with Crippen LogP contribution in [0.5, 0.6) is 0 Å². The van der Waals surface area contributed by atoms with Crippen LogP contribution in [-0.2, 0) is 11.2 Å². The van der Waals surface area contributed by atoms with Crippen LogP contribution in [0.2, 0.25) is 0 Å². The quantitative estimate of drug-likeness (QED) is 0.684. The Bertz CT molecular complexity index is 1100. The number of pyridine rings is 1. The Morgan fingerprint density at radius 2 is 1.84 bits per heavy atom. The minimum absolute atomic E-state index is 0.0230. The van der Waals surface area contributed by atoms with E-state index >= 15 is 0 Å². The van der Waals surface area contributed by atoms with Gasteiger partial charge in [-0.05, 0) is 57.7 Å². The number of carbonyl (C=O) groups is 2. The van der Waals surface area contributed by atoms with E-state index in [4.69, 9.17) is 0 Å². The van der Waals surface area contributed by atoms with E-state index in [1.807, 2.05) is 36.3 Å². The number of hydrogen-bond acceptors (Lipinski definition) is 5. The van der Waals surface area contributed by atoms with Crippen molar-refractivity contribution in [3.63, 3.8) is 0 Å². The van der Waals surface area contributed by atoms with Gasteiger partial charge in [-0.1, -0.05) is 0 Å². The highest BCUT2D eigenvalue weighted by atomic mass is 16.2. The van der Waals surface area contributed by atoms with Crippen LogP contribution in [0.25, 0.3) is 5.65 Å². The Morgan fingerprint density at radius 1 is 1.13 bits per heavy atom. The molecule has 4 rings (SSSR count). The molecule has 1 N–H and O–H groups in total. The molecule has 1 aliphatic heterocycles. The van der Waals surface area contributed by atoms with E-state index in [1.165, 1.54) is 0 Å². The first kappa shape index (κ1) is 21.0. The molecule has 0 saturated carbocycles. The minimum atomic E-state index is 0.0230. The minimum Gasteiger partial charge on any atom is -0.353 e. The summed E-state index contributed by atoms with van der Waals surface area (Å²) >= 11 is 0. The van der Waals surface area contributed by atoms with Crippen molar-refractivity contribution in [3.05, 3.63) is 58.8 Å². The maximum atomic E-state index is 12.6. The zero-order valence-corrected chi connectivity index (χ0v) is 18.3. The number of aryl methyl sites for hydroxylation is 3. The van der Waals surface area contributed by atoms with Crippen molar-refractivity contribution >= 4 is 17.5 Å². The lowest BCUT2D eigenvalue weighted by molar-refractivity contribution is -0.122. The number of aromatic nitrogens is 4. The fraction of sp³-hybridized carbons (Fsp3) is 0.435. The number of piperidine rings is 1. The number of rotatable bonds is 5. The van der Waals surface area contributed by atoms with Gasteiger partial charge in [-0.2, -0.15) is 5.10 Å². The summed E-state index contributed by atoms with van der Waals surface area (Å²) in [6, 6.07) is 5.53. The molecule has 1 aliphatic rings. The topological polar surface area (TPSA) is 92.5 Å². The van der Waals surface area contributed by atoms with Crippen molar-refractivity contribution in [2.45, 2.75) is 52.5 Å². The van der Waals surface area contributed by atoms with Crippen molar-refractivity contribution in [2.24, 2.45) is 0 Å². The van der Waals surface area contributed by atoms with E-state index < -0.39 is 0 Å². The standard InChI is InChI=1S/C23H28N6O2/c1-15-14-21-25-16(2)20(17(3)29(21)27-15)4-5-22(30)26-19-8-12-28(13-9-19)23(31)18-6-10-24-11-7-18/h6-7,10-11,14,19H,4-5,8-9,12-13H2,1-3H3,(H,26,30). The van der Waals surface area contributed by atoms with E-state index in [-0.39, 0.29) is 17.9 Å². The number of amides is 2. The highest BCUT2D eigenvalue weighted by Gasteiger charge is 2.24. The summed E-state index contributed by atoms with van der Waals surface area (Å²) in [7, 11) is 0. The van der Waals surface area contributed by atoms with Crippen LogP contribution in [-0.4, -0.2) is 55.4 Å². The average molecular weight is 421 g/mol. The summed E-state index contributed by atoms with van der Waals surface area (Å²) in [5.41, 5.74) is 5.48. The van der Waals surface area contributed by atoms with E-state index in [2.05, 4.69) is 20.4 Å². The monoisotopic (exact) mass is 420 g/mol. The zero-order chi connectivity index (χ0) is 22.0. The first-order valence-corrected chi connectivity index (χ1v) is 10.7. The van der Waals surface area contributed by atoms with Gasteiger partial charge < -0.3 is 10.2 Å². The zero-order valence-electron chi connectivity index (χ0n) is 18.3. The molecule has 3 aromatic heterocycles. The lowest BCUT2D eigenvalue weighted by atomic mass is 10.0. The largest absolute Gasteiger partial charge is 0.353 e. The molecule has 0 radical (unpaired) electrons. The second-order valence-corrected chi connectivity index (χ2v) is 8.19. The summed E-state index contributed by atoms with van der Waals surface area (Å²) in [5.74, 6) is 0.0596. The maximum absolute atomic E-state index is 12.6. The van der Waals surface area contributed by atoms with Gasteiger partial charge in [-0.3, -0.25) is 14.6 Å². The molecule has 1 saturated heterocycles. The third kappa shape index (κ3) is 4.57. The second kappa shape index (κ2) is 8.83. The summed E-state index contributed by atoms with van der Waals surface area (Å²) < 4.78 is 1.85. The van der Waals surface area contributed by atoms with Gasteiger partial charge in [-0.15, -0.1) is 0 Å². The van der Waals surface area contributed by atoms with Crippen LogP contribution in [0.1, 0.15) is 52.3 Å². The SMILES string of the molecule is Cc1cc2nc(C)c(CCC(=O)NC3CCN(C(=O)c4ccncc4)CC3)c(C)n2n1. The number of nitrogens with zero attached hydrogens (tertiary/aromatic N) is 5. The molecule has 31 heavy (non-hydrogen) atoms. The molecule has 3 aromatic rings. The van der Waals surface area contributed by atoms with Gasteiger partial charge >= 0.3 is 0 Å². The van der Waals surface area contributed by atoms with Crippen LogP contribution in [0.15, 0.2) is 30.6 Å². The molecule has 0 unspecified atom stereocenters. The third-order valence-electron chi connectivity index (χ3n) is 5.96. The van der Waals surface area contributed by atoms with Gasteiger partial charge in [0.25, 0.3) is 5.91 Å². The van der Waals surface area contributed by atoms with Crippen LogP contribution in [0.3, 0.4) is 0 Å². The summed E-state index contributed by atoms with van der Waals surface area (Å²) in [4.78, 5) is 35.5. The van der Waals surface area contributed by atoms with Gasteiger partial charge in [-0.25, -0.2) is 9.50 Å². The Balaban J connectivity index is 1.29. The van der Waals surface area contributed by atoms with Gasteiger partial charge in [0.15, 0.2) is 5.65 Å². The Kier molecular flexibility index (Phi) is 5.97. The lowest BCUT2D eigenvalue weighted by Crippen LogP contribution is -2.46. The molecule has 0 atom stereocenters. The van der Waals surface area contributed by atoms with E-state index in [1.54, 1.807) is 24.5 Å². The summed E-state index contributed by atoms with van der Waals surface area (Å²) in [6.07, 6.45) is 5.83. The first-order valence-electron chi connectivity index (χ1n) is 10.7. The fourth-order valence-electron chi connectivity index (χ4n) is 4.25. The van der Waals surface area contributed by atoms with Crippen LogP contribution in [0.4, 0.5) is 0 Å². The normalized spacial score (nSPS) is 14.7. The van der Waals surface area contributed by atoms with E-state index in [9.17, 15) is 9.59 Å². The Hall–Kier alpha value is -3.29. The molecule has 0 aromatic carbocycles. The van der Waals surface area contributed by atoms with Crippen molar-refractivity contribution in [2.75, 3.05) is 13.1 Å². The molecule has 1 fully saturated rings. The molecule has 162 valence electrons. The number of likely N-dealkylation sites (tertiary alicyclic amines) is 1. The molecule has 8 nitrogen and oxygen atoms in total. The van der Waals surface area contributed by atoms with Gasteiger partial charge in [0.2, 0.25) is 5.91 Å². The van der Waals surface area contributed by atoms with Crippen LogP contribution >= 0.6 is 0 Å². The van der Waals surface area contributed by atoms with Gasteiger partial charge in [0.05, 0.1) is 5.69 Å². The smallest absolute Gasteiger partial charge is 0.253 e. The third-order valence-corrected chi connectivity index (χ3v) is 5.96. The molecule has 0 spiro atoms.